The van der Waals surface area contributed by atoms with Gasteiger partial charge in [0, 0.05) is 23.4 Å². The van der Waals surface area contributed by atoms with E-state index in [2.05, 4.69) is 11.4 Å². The number of sulfonamides is 1. The van der Waals surface area contributed by atoms with Crippen molar-refractivity contribution in [3.05, 3.63) is 191 Å². The number of anilines is 1. The Bertz CT molecular complexity index is 2290. The molecule has 0 spiro atoms. The number of benzene rings is 6. The Labute approximate surface area is 305 Å². The Hall–Kier alpha value is -5.99. The van der Waals surface area contributed by atoms with Gasteiger partial charge in [0.05, 0.1) is 18.0 Å². The number of rotatable bonds is 10. The van der Waals surface area contributed by atoms with Crippen LogP contribution in [0.4, 0.5) is 10.5 Å². The van der Waals surface area contributed by atoms with Gasteiger partial charge in [-0.2, -0.15) is 0 Å². The van der Waals surface area contributed by atoms with E-state index in [1.54, 1.807) is 36.4 Å². The number of hydrogen-bond donors (Lipinski definition) is 1. The lowest BCUT2D eigenvalue weighted by atomic mass is 9.94. The number of aryl methyl sites for hydroxylation is 2. The number of para-hydroxylation sites is 1. The molecule has 0 saturated carbocycles. The first kappa shape index (κ1) is 34.5. The van der Waals surface area contributed by atoms with Gasteiger partial charge < -0.3 is 10.2 Å². The molecule has 6 aromatic carbocycles. The molecule has 7 nitrogen and oxygen atoms in total. The van der Waals surface area contributed by atoms with E-state index in [1.165, 1.54) is 0 Å². The number of carbonyl (C=O) groups is 2. The van der Waals surface area contributed by atoms with Crippen molar-refractivity contribution in [1.82, 2.24) is 9.62 Å². The van der Waals surface area contributed by atoms with Gasteiger partial charge in [0.25, 0.3) is 15.9 Å². The smallest absolute Gasteiger partial charge is 0.331 e. The Morgan fingerprint density at radius 1 is 0.615 bits per heavy atom. The van der Waals surface area contributed by atoms with Crippen molar-refractivity contribution < 1.29 is 18.0 Å². The van der Waals surface area contributed by atoms with E-state index in [9.17, 15) is 18.0 Å². The van der Waals surface area contributed by atoms with Gasteiger partial charge in [0.2, 0.25) is 0 Å². The van der Waals surface area contributed by atoms with Crippen LogP contribution in [0.5, 0.6) is 0 Å². The fourth-order valence-corrected chi connectivity index (χ4v) is 8.25. The van der Waals surface area contributed by atoms with Crippen LogP contribution < -0.4 is 10.2 Å². The van der Waals surface area contributed by atoms with Gasteiger partial charge in [-0.25, -0.2) is 17.5 Å². The molecule has 3 amide bonds. The number of amides is 3. The summed E-state index contributed by atoms with van der Waals surface area (Å²) < 4.78 is 29.9. The van der Waals surface area contributed by atoms with Crippen LogP contribution in [-0.4, -0.2) is 31.2 Å². The second kappa shape index (κ2) is 15.5. The second-order valence-electron chi connectivity index (χ2n) is 12.8. The first-order chi connectivity index (χ1) is 25.4. The maximum absolute atomic E-state index is 14.5. The van der Waals surface area contributed by atoms with E-state index in [4.69, 9.17) is 0 Å². The highest BCUT2D eigenvalue weighted by molar-refractivity contribution is 7.89. The highest BCUT2D eigenvalue weighted by atomic mass is 32.2. The molecule has 1 N–H and O–H groups in total. The van der Waals surface area contributed by atoms with E-state index in [0.29, 0.717) is 35.2 Å². The molecule has 0 aromatic heterocycles. The van der Waals surface area contributed by atoms with E-state index in [-0.39, 0.29) is 23.9 Å². The minimum atomic E-state index is -4.31. The average Bonchev–Trinajstić information content (AvgIpc) is 3.19. The van der Waals surface area contributed by atoms with Gasteiger partial charge in [-0.1, -0.05) is 140 Å². The molecule has 7 rings (SSSR count). The molecule has 0 fully saturated rings. The fourth-order valence-electron chi connectivity index (χ4n) is 6.70. The van der Waals surface area contributed by atoms with Crippen LogP contribution in [0.25, 0.3) is 11.1 Å². The summed E-state index contributed by atoms with van der Waals surface area (Å²) in [6.45, 7) is 0.503. The molecule has 0 aliphatic carbocycles. The Kier molecular flexibility index (Phi) is 10.3. The molecule has 52 heavy (non-hydrogen) atoms. The van der Waals surface area contributed by atoms with Crippen LogP contribution in [0.15, 0.2) is 163 Å². The van der Waals surface area contributed by atoms with Crippen LogP contribution in [0, 0.1) is 0 Å². The number of nitrogens with zero attached hydrogens (tertiary/aromatic N) is 2. The number of urea groups is 1. The predicted octanol–water partition coefficient (Wildman–Crippen LogP) is 8.44. The SMILES string of the molecule is O=C1c2ccccc2CCc2ccccc2N1Cc1ccc(-c2ccccc2S(=O)(=O)N(Cc2ccccc2)C(=O)NCCc2ccccc2)cc1. The molecule has 0 unspecified atom stereocenters. The van der Waals surface area contributed by atoms with Crippen molar-refractivity contribution in [3.8, 4) is 11.1 Å². The van der Waals surface area contributed by atoms with Crippen molar-refractivity contribution >= 4 is 27.6 Å². The van der Waals surface area contributed by atoms with Crippen LogP contribution in [-0.2, 0) is 42.4 Å². The van der Waals surface area contributed by atoms with Crippen molar-refractivity contribution in [2.75, 3.05) is 11.4 Å². The maximum Gasteiger partial charge on any atom is 0.331 e. The summed E-state index contributed by atoms with van der Waals surface area (Å²) in [5.74, 6) is -0.0520. The molecule has 0 saturated heterocycles. The normalized spacial score (nSPS) is 12.6. The van der Waals surface area contributed by atoms with E-state index in [1.807, 2.05) is 120 Å². The van der Waals surface area contributed by atoms with Gasteiger partial charge in [0.1, 0.15) is 0 Å². The summed E-state index contributed by atoms with van der Waals surface area (Å²) >= 11 is 0. The van der Waals surface area contributed by atoms with Crippen LogP contribution in [0.1, 0.15) is 38.2 Å². The average molecular weight is 706 g/mol. The summed E-state index contributed by atoms with van der Waals surface area (Å²) in [5, 5.41) is 2.83. The first-order valence-electron chi connectivity index (χ1n) is 17.4. The van der Waals surface area contributed by atoms with Crippen LogP contribution in [0.3, 0.4) is 0 Å². The van der Waals surface area contributed by atoms with E-state index < -0.39 is 16.1 Å². The van der Waals surface area contributed by atoms with Crippen molar-refractivity contribution in [1.29, 1.82) is 0 Å². The molecule has 0 bridgehead atoms. The number of fused-ring (bicyclic) bond motifs is 2. The number of hydrogen-bond acceptors (Lipinski definition) is 4. The van der Waals surface area contributed by atoms with Crippen molar-refractivity contribution in [3.63, 3.8) is 0 Å². The standard InChI is InChI=1S/C44H39N3O4S/c48-43-40-20-9-7-17-36(40)27-28-38-18-8-11-21-41(38)46(43)31-35-23-25-37(26-24-35)39-19-10-12-22-42(39)52(50,51)47(32-34-15-5-2-6-16-34)44(49)45-30-29-33-13-3-1-4-14-33/h1-26H,27-32H2,(H,45,49). The third kappa shape index (κ3) is 7.53. The molecular weight excluding hydrogens is 667 g/mol. The topological polar surface area (TPSA) is 86.8 Å². The lowest BCUT2D eigenvalue weighted by Crippen LogP contribution is -2.44. The third-order valence-corrected chi connectivity index (χ3v) is 11.2. The molecule has 260 valence electrons. The predicted molar refractivity (Wildman–Crippen MR) is 205 cm³/mol. The van der Waals surface area contributed by atoms with Gasteiger partial charge in [-0.05, 0) is 70.8 Å². The molecule has 1 heterocycles. The largest absolute Gasteiger partial charge is 0.337 e. The highest BCUT2D eigenvalue weighted by Gasteiger charge is 2.32. The summed E-state index contributed by atoms with van der Waals surface area (Å²) in [6, 6.07) is 48.3. The second-order valence-corrected chi connectivity index (χ2v) is 14.7. The number of carbonyl (C=O) groups excluding carboxylic acids is 2. The van der Waals surface area contributed by atoms with Gasteiger partial charge in [-0.15, -0.1) is 0 Å². The van der Waals surface area contributed by atoms with E-state index >= 15 is 0 Å². The number of nitrogens with one attached hydrogen (secondary N) is 1. The summed E-state index contributed by atoms with van der Waals surface area (Å²) in [5.41, 5.74) is 7.53. The van der Waals surface area contributed by atoms with Gasteiger partial charge >= 0.3 is 6.03 Å². The quantitative estimate of drug-likeness (QED) is 0.155. The molecule has 1 aliphatic rings. The van der Waals surface area contributed by atoms with Crippen LogP contribution in [0.2, 0.25) is 0 Å². The molecule has 0 atom stereocenters. The zero-order chi connectivity index (χ0) is 35.9. The lowest BCUT2D eigenvalue weighted by molar-refractivity contribution is 0.0983. The molecule has 6 aromatic rings. The molecular formula is C44H39N3O4S. The third-order valence-electron chi connectivity index (χ3n) is 9.43. The zero-order valence-electron chi connectivity index (χ0n) is 28.7. The lowest BCUT2D eigenvalue weighted by Gasteiger charge is -2.29. The summed E-state index contributed by atoms with van der Waals surface area (Å²) in [7, 11) is -4.31. The molecule has 0 radical (unpaired) electrons. The maximum atomic E-state index is 14.5. The minimum Gasteiger partial charge on any atom is -0.337 e. The Morgan fingerprint density at radius 2 is 1.19 bits per heavy atom. The monoisotopic (exact) mass is 705 g/mol. The first-order valence-corrected chi connectivity index (χ1v) is 18.9. The minimum absolute atomic E-state index is 0.0290. The highest BCUT2D eigenvalue weighted by Crippen LogP contribution is 2.33. The Morgan fingerprint density at radius 3 is 1.92 bits per heavy atom. The molecule has 1 aliphatic heterocycles. The zero-order valence-corrected chi connectivity index (χ0v) is 29.5. The van der Waals surface area contributed by atoms with Gasteiger partial charge in [0.15, 0.2) is 0 Å². The molecule has 8 heteroatoms. The van der Waals surface area contributed by atoms with Gasteiger partial charge in [-0.3, -0.25) is 4.79 Å². The van der Waals surface area contributed by atoms with Crippen LogP contribution >= 0.6 is 0 Å². The van der Waals surface area contributed by atoms with E-state index in [0.717, 1.165) is 45.1 Å². The van der Waals surface area contributed by atoms with Crippen molar-refractivity contribution in [2.45, 2.75) is 37.2 Å². The Balaban J connectivity index is 1.17. The summed E-state index contributed by atoms with van der Waals surface area (Å²) in [6.07, 6.45) is 2.19. The summed E-state index contributed by atoms with van der Waals surface area (Å²) in [4.78, 5) is 29.6. The fraction of sp³-hybridized carbons (Fsp3) is 0.136. The van der Waals surface area contributed by atoms with Crippen molar-refractivity contribution in [2.24, 2.45) is 0 Å².